The highest BCUT2D eigenvalue weighted by Gasteiger charge is 2.15. The van der Waals surface area contributed by atoms with Crippen molar-refractivity contribution >= 4 is 11.5 Å². The van der Waals surface area contributed by atoms with Crippen LogP contribution in [0.1, 0.15) is 0 Å². The van der Waals surface area contributed by atoms with E-state index >= 15 is 0 Å². The van der Waals surface area contributed by atoms with Crippen LogP contribution in [0.25, 0.3) is 16.8 Å². The molecule has 4 bridgehead atoms. The first-order valence-corrected chi connectivity index (χ1v) is 8.99. The van der Waals surface area contributed by atoms with E-state index in [-0.39, 0.29) is 5.82 Å². The SMILES string of the molecule is CN1CCNCCN(C)c2ccn3ncc(c3n2)-c2cc(ccc2F)OC1. The minimum Gasteiger partial charge on any atom is -0.478 e. The molecule has 2 aromatic heterocycles. The van der Waals surface area contributed by atoms with Gasteiger partial charge in [-0.3, -0.25) is 4.90 Å². The van der Waals surface area contributed by atoms with E-state index in [0.717, 1.165) is 32.0 Å². The molecule has 1 aromatic carbocycles. The fraction of sp³-hybridized carbons (Fsp3) is 0.368. The van der Waals surface area contributed by atoms with Gasteiger partial charge in [-0.05, 0) is 31.3 Å². The number of hydrogen-bond donors (Lipinski definition) is 1. The molecule has 0 aliphatic carbocycles. The number of likely N-dealkylation sites (N-methyl/N-ethyl adjacent to an activating group) is 2. The topological polar surface area (TPSA) is 57.9 Å². The first kappa shape index (κ1) is 17.7. The third-order valence-corrected chi connectivity index (χ3v) is 4.72. The van der Waals surface area contributed by atoms with Gasteiger partial charge in [0, 0.05) is 50.6 Å². The van der Waals surface area contributed by atoms with Crippen LogP contribution in [0.3, 0.4) is 0 Å². The molecule has 3 heterocycles. The predicted molar refractivity (Wildman–Crippen MR) is 103 cm³/mol. The van der Waals surface area contributed by atoms with Crippen LogP contribution < -0.4 is 15.0 Å². The fourth-order valence-electron chi connectivity index (χ4n) is 3.07. The van der Waals surface area contributed by atoms with Gasteiger partial charge in [-0.2, -0.15) is 5.10 Å². The molecule has 0 unspecified atom stereocenters. The second kappa shape index (κ2) is 7.50. The van der Waals surface area contributed by atoms with Gasteiger partial charge in [-0.15, -0.1) is 0 Å². The largest absolute Gasteiger partial charge is 0.478 e. The van der Waals surface area contributed by atoms with Gasteiger partial charge < -0.3 is 15.0 Å². The average molecular weight is 370 g/mol. The van der Waals surface area contributed by atoms with E-state index in [1.54, 1.807) is 22.8 Å². The van der Waals surface area contributed by atoms with Gasteiger partial charge in [0.25, 0.3) is 0 Å². The van der Waals surface area contributed by atoms with Crippen molar-refractivity contribution in [3.05, 3.63) is 42.5 Å². The zero-order valence-electron chi connectivity index (χ0n) is 15.5. The third-order valence-electron chi connectivity index (χ3n) is 4.72. The van der Waals surface area contributed by atoms with Gasteiger partial charge in [0.05, 0.1) is 6.20 Å². The standard InChI is InChI=1S/C19H23FN6O/c1-24-9-6-21-7-10-25(2)18-5-8-26-19(23-18)16(12-22-26)15-11-14(27-13-24)3-4-17(15)20/h3-5,8,11-12,21H,6-7,9-10,13H2,1-2H3. The summed E-state index contributed by atoms with van der Waals surface area (Å²) in [6.45, 7) is 3.81. The number of fused-ring (bicyclic) bond motifs is 4. The molecule has 1 aliphatic heterocycles. The van der Waals surface area contributed by atoms with Crippen molar-refractivity contribution in [1.29, 1.82) is 0 Å². The van der Waals surface area contributed by atoms with Crippen LogP contribution in [-0.4, -0.2) is 66.5 Å². The number of rotatable bonds is 0. The van der Waals surface area contributed by atoms with E-state index < -0.39 is 0 Å². The van der Waals surface area contributed by atoms with Crippen LogP contribution in [0.4, 0.5) is 10.2 Å². The zero-order chi connectivity index (χ0) is 18.8. The highest BCUT2D eigenvalue weighted by molar-refractivity contribution is 5.78. The van der Waals surface area contributed by atoms with Gasteiger partial charge in [0.2, 0.25) is 0 Å². The summed E-state index contributed by atoms with van der Waals surface area (Å²) in [5.74, 6) is 1.12. The fourth-order valence-corrected chi connectivity index (χ4v) is 3.07. The summed E-state index contributed by atoms with van der Waals surface area (Å²) >= 11 is 0. The van der Waals surface area contributed by atoms with Crippen LogP contribution in [0.2, 0.25) is 0 Å². The second-order valence-corrected chi connectivity index (χ2v) is 6.78. The van der Waals surface area contributed by atoms with Crippen molar-refractivity contribution in [2.24, 2.45) is 0 Å². The van der Waals surface area contributed by atoms with Gasteiger partial charge in [0.15, 0.2) is 5.65 Å². The van der Waals surface area contributed by atoms with Crippen LogP contribution in [0, 0.1) is 5.82 Å². The Morgan fingerprint density at radius 1 is 1.11 bits per heavy atom. The highest BCUT2D eigenvalue weighted by atomic mass is 19.1. The maximum atomic E-state index is 14.6. The van der Waals surface area contributed by atoms with Gasteiger partial charge in [-0.25, -0.2) is 13.9 Å². The summed E-state index contributed by atoms with van der Waals surface area (Å²) in [6.07, 6.45) is 3.49. The summed E-state index contributed by atoms with van der Waals surface area (Å²) in [5.41, 5.74) is 1.70. The minimum absolute atomic E-state index is 0.323. The van der Waals surface area contributed by atoms with E-state index in [4.69, 9.17) is 9.72 Å². The molecule has 0 radical (unpaired) electrons. The lowest BCUT2D eigenvalue weighted by Crippen LogP contribution is -2.35. The predicted octanol–water partition coefficient (Wildman–Crippen LogP) is 1.84. The van der Waals surface area contributed by atoms with Crippen molar-refractivity contribution in [1.82, 2.24) is 24.8 Å². The van der Waals surface area contributed by atoms with Crippen LogP contribution in [-0.2, 0) is 0 Å². The Kier molecular flexibility index (Phi) is 4.91. The molecule has 0 saturated carbocycles. The first-order valence-electron chi connectivity index (χ1n) is 8.99. The number of anilines is 1. The van der Waals surface area contributed by atoms with Gasteiger partial charge in [-0.1, -0.05) is 0 Å². The van der Waals surface area contributed by atoms with Gasteiger partial charge >= 0.3 is 0 Å². The number of nitrogens with zero attached hydrogens (tertiary/aromatic N) is 5. The molecule has 0 spiro atoms. The third kappa shape index (κ3) is 3.72. The Labute approximate surface area is 157 Å². The zero-order valence-corrected chi connectivity index (χ0v) is 15.5. The molecular formula is C19H23FN6O. The number of hydrogen-bond acceptors (Lipinski definition) is 6. The Bertz CT molecular complexity index is 943. The number of nitrogens with one attached hydrogen (secondary N) is 1. The van der Waals surface area contributed by atoms with E-state index in [0.29, 0.717) is 29.3 Å². The lowest BCUT2D eigenvalue weighted by Gasteiger charge is -2.21. The number of ether oxygens (including phenoxy) is 1. The Balaban J connectivity index is 1.79. The summed E-state index contributed by atoms with van der Waals surface area (Å²) < 4.78 is 22.1. The second-order valence-electron chi connectivity index (χ2n) is 6.78. The van der Waals surface area contributed by atoms with E-state index in [1.807, 2.05) is 26.4 Å². The molecule has 4 rings (SSSR count). The molecule has 3 aromatic rings. The van der Waals surface area contributed by atoms with Crippen molar-refractivity contribution in [3.63, 3.8) is 0 Å². The molecule has 0 atom stereocenters. The quantitative estimate of drug-likeness (QED) is 0.652. The van der Waals surface area contributed by atoms with Crippen LogP contribution in [0.5, 0.6) is 5.75 Å². The lowest BCUT2D eigenvalue weighted by molar-refractivity contribution is 0.153. The molecule has 0 amide bonds. The number of halogens is 1. The summed E-state index contributed by atoms with van der Waals surface area (Å²) in [7, 11) is 4.00. The Hall–Kier alpha value is -2.71. The van der Waals surface area contributed by atoms with Crippen molar-refractivity contribution in [2.45, 2.75) is 0 Å². The Morgan fingerprint density at radius 2 is 1.96 bits per heavy atom. The normalized spacial score (nSPS) is 16.6. The number of aromatic nitrogens is 3. The molecule has 1 N–H and O–H groups in total. The maximum absolute atomic E-state index is 14.6. The molecule has 0 saturated heterocycles. The van der Waals surface area contributed by atoms with E-state index in [9.17, 15) is 4.39 Å². The highest BCUT2D eigenvalue weighted by Crippen LogP contribution is 2.30. The molecule has 7 nitrogen and oxygen atoms in total. The number of benzene rings is 1. The average Bonchev–Trinajstić information content (AvgIpc) is 3.09. The summed E-state index contributed by atoms with van der Waals surface area (Å²) in [5, 5.41) is 7.75. The maximum Gasteiger partial charge on any atom is 0.165 e. The van der Waals surface area contributed by atoms with Crippen molar-refractivity contribution in [3.8, 4) is 16.9 Å². The first-order chi connectivity index (χ1) is 13.1. The smallest absolute Gasteiger partial charge is 0.165 e. The van der Waals surface area contributed by atoms with Crippen LogP contribution in [0.15, 0.2) is 36.7 Å². The van der Waals surface area contributed by atoms with Crippen molar-refractivity contribution < 1.29 is 9.13 Å². The van der Waals surface area contributed by atoms with Gasteiger partial charge in [0.1, 0.15) is 24.1 Å². The van der Waals surface area contributed by atoms with Crippen molar-refractivity contribution in [2.75, 3.05) is 51.9 Å². The molecular weight excluding hydrogens is 347 g/mol. The molecule has 1 aliphatic rings. The molecule has 142 valence electrons. The summed E-state index contributed by atoms with van der Waals surface area (Å²) in [6, 6.07) is 6.69. The molecule has 27 heavy (non-hydrogen) atoms. The summed E-state index contributed by atoms with van der Waals surface area (Å²) in [4.78, 5) is 8.87. The molecule has 0 fully saturated rings. The monoisotopic (exact) mass is 370 g/mol. The minimum atomic E-state index is -0.323. The van der Waals surface area contributed by atoms with Crippen LogP contribution >= 0.6 is 0 Å². The lowest BCUT2D eigenvalue weighted by atomic mass is 10.1. The van der Waals surface area contributed by atoms with E-state index in [2.05, 4.69) is 20.2 Å². The van der Waals surface area contributed by atoms with E-state index in [1.165, 1.54) is 6.07 Å². The Morgan fingerprint density at radius 3 is 2.85 bits per heavy atom. The molecule has 8 heteroatoms.